The second-order valence-electron chi connectivity index (χ2n) is 4.94. The van der Waals surface area contributed by atoms with Crippen LogP contribution < -0.4 is 10.6 Å². The van der Waals surface area contributed by atoms with E-state index >= 15 is 0 Å². The van der Waals surface area contributed by atoms with E-state index in [0.717, 1.165) is 25.9 Å². The lowest BCUT2D eigenvalue weighted by Gasteiger charge is -2.10. The van der Waals surface area contributed by atoms with Gasteiger partial charge in [0.25, 0.3) is 5.91 Å². The van der Waals surface area contributed by atoms with Crippen LogP contribution in [0.3, 0.4) is 0 Å². The van der Waals surface area contributed by atoms with Gasteiger partial charge in [-0.15, -0.1) is 0 Å². The van der Waals surface area contributed by atoms with Gasteiger partial charge in [-0.05, 0) is 43.5 Å². The predicted octanol–water partition coefficient (Wildman–Crippen LogP) is 1.94. The number of nitrogens with one attached hydrogen (secondary N) is 2. The molecule has 1 saturated heterocycles. The summed E-state index contributed by atoms with van der Waals surface area (Å²) in [4.78, 5) is 22.8. The van der Waals surface area contributed by atoms with E-state index in [4.69, 9.17) is 4.74 Å². The number of benzene rings is 1. The average Bonchev–Trinajstić information content (AvgIpc) is 2.92. The van der Waals surface area contributed by atoms with Gasteiger partial charge in [-0.25, -0.2) is 0 Å². The molecule has 1 unspecified atom stereocenters. The number of hydrogen-bond acceptors (Lipinski definition) is 3. The summed E-state index contributed by atoms with van der Waals surface area (Å²) in [7, 11) is 0. The third-order valence-electron chi connectivity index (χ3n) is 3.24. The summed E-state index contributed by atoms with van der Waals surface area (Å²) >= 11 is 0. The highest BCUT2D eigenvalue weighted by Gasteiger charge is 2.15. The maximum absolute atomic E-state index is 11.9. The first kappa shape index (κ1) is 14.5. The number of carbonyl (C=O) groups excluding carboxylic acids is 2. The van der Waals surface area contributed by atoms with Crippen molar-refractivity contribution in [3.8, 4) is 0 Å². The summed E-state index contributed by atoms with van der Waals surface area (Å²) in [5.41, 5.74) is 1.28. The lowest BCUT2D eigenvalue weighted by atomic mass is 10.1. The summed E-state index contributed by atoms with van der Waals surface area (Å²) in [6.07, 6.45) is 3.35. The molecule has 0 saturated carbocycles. The molecule has 1 aromatic carbocycles. The second kappa shape index (κ2) is 7.05. The molecule has 0 radical (unpaired) electrons. The first-order valence-electron chi connectivity index (χ1n) is 6.92. The Morgan fingerprint density at radius 1 is 1.30 bits per heavy atom. The second-order valence-corrected chi connectivity index (χ2v) is 4.94. The van der Waals surface area contributed by atoms with E-state index in [9.17, 15) is 9.59 Å². The molecule has 1 aliphatic rings. The molecule has 1 atom stereocenters. The lowest BCUT2D eigenvalue weighted by Crippen LogP contribution is -2.27. The van der Waals surface area contributed by atoms with Gasteiger partial charge in [-0.2, -0.15) is 0 Å². The zero-order valence-electron chi connectivity index (χ0n) is 11.6. The maximum atomic E-state index is 11.9. The minimum Gasteiger partial charge on any atom is -0.378 e. The van der Waals surface area contributed by atoms with Gasteiger partial charge in [-0.1, -0.05) is 0 Å². The van der Waals surface area contributed by atoms with E-state index in [1.54, 1.807) is 24.3 Å². The Balaban J connectivity index is 1.78. The van der Waals surface area contributed by atoms with Gasteiger partial charge in [0.05, 0.1) is 6.10 Å². The third-order valence-corrected chi connectivity index (χ3v) is 3.24. The number of hydrogen-bond donors (Lipinski definition) is 2. The van der Waals surface area contributed by atoms with E-state index in [-0.39, 0.29) is 17.9 Å². The van der Waals surface area contributed by atoms with Crippen molar-refractivity contribution in [3.05, 3.63) is 29.8 Å². The van der Waals surface area contributed by atoms with Crippen molar-refractivity contribution < 1.29 is 14.3 Å². The molecule has 0 spiro atoms. The van der Waals surface area contributed by atoms with E-state index in [1.165, 1.54) is 6.92 Å². The van der Waals surface area contributed by atoms with Gasteiger partial charge < -0.3 is 15.4 Å². The van der Waals surface area contributed by atoms with Crippen LogP contribution in [0.1, 0.15) is 36.5 Å². The summed E-state index contributed by atoms with van der Waals surface area (Å²) in [6, 6.07) is 6.84. The summed E-state index contributed by atoms with van der Waals surface area (Å²) in [5.74, 6) is -0.226. The van der Waals surface area contributed by atoms with Gasteiger partial charge in [-0.3, -0.25) is 9.59 Å². The molecule has 20 heavy (non-hydrogen) atoms. The topological polar surface area (TPSA) is 67.4 Å². The third kappa shape index (κ3) is 4.35. The average molecular weight is 276 g/mol. The quantitative estimate of drug-likeness (QED) is 0.863. The Morgan fingerprint density at radius 2 is 2.05 bits per heavy atom. The summed E-state index contributed by atoms with van der Waals surface area (Å²) in [6.45, 7) is 2.91. The predicted molar refractivity (Wildman–Crippen MR) is 76.7 cm³/mol. The molecule has 0 aliphatic carbocycles. The van der Waals surface area contributed by atoms with Crippen LogP contribution in [0.5, 0.6) is 0 Å². The fraction of sp³-hybridized carbons (Fsp3) is 0.467. The number of amides is 2. The van der Waals surface area contributed by atoms with Crippen LogP contribution >= 0.6 is 0 Å². The SMILES string of the molecule is CC(=O)Nc1ccc(C(=O)NCCC2CCCO2)cc1. The maximum Gasteiger partial charge on any atom is 0.251 e. The minimum absolute atomic E-state index is 0.0997. The first-order valence-corrected chi connectivity index (χ1v) is 6.92. The molecule has 5 nitrogen and oxygen atoms in total. The molecule has 108 valence electrons. The number of rotatable bonds is 5. The van der Waals surface area contributed by atoms with Crippen molar-refractivity contribution in [1.82, 2.24) is 5.32 Å². The standard InChI is InChI=1S/C15H20N2O3/c1-11(18)17-13-6-4-12(5-7-13)15(19)16-9-8-14-3-2-10-20-14/h4-7,14H,2-3,8-10H2,1H3,(H,16,19)(H,17,18). The molecule has 2 rings (SSSR count). The summed E-state index contributed by atoms with van der Waals surface area (Å²) < 4.78 is 5.50. The Bertz CT molecular complexity index is 465. The smallest absolute Gasteiger partial charge is 0.251 e. The molecule has 2 amide bonds. The highest BCUT2D eigenvalue weighted by Crippen LogP contribution is 2.14. The monoisotopic (exact) mass is 276 g/mol. The fourth-order valence-corrected chi connectivity index (χ4v) is 2.23. The lowest BCUT2D eigenvalue weighted by molar-refractivity contribution is -0.114. The van der Waals surface area contributed by atoms with Gasteiger partial charge >= 0.3 is 0 Å². The molecule has 0 aromatic heterocycles. The minimum atomic E-state index is -0.126. The normalized spacial score (nSPS) is 17.8. The fourth-order valence-electron chi connectivity index (χ4n) is 2.23. The highest BCUT2D eigenvalue weighted by atomic mass is 16.5. The molecular formula is C15H20N2O3. The van der Waals surface area contributed by atoms with Gasteiger partial charge in [0.1, 0.15) is 0 Å². The Hall–Kier alpha value is -1.88. The van der Waals surface area contributed by atoms with Crippen LogP contribution in [0.15, 0.2) is 24.3 Å². The summed E-state index contributed by atoms with van der Waals surface area (Å²) in [5, 5.41) is 5.54. The number of anilines is 1. The van der Waals surface area contributed by atoms with Crippen LogP contribution in [0.2, 0.25) is 0 Å². The first-order chi connectivity index (χ1) is 9.65. The molecule has 1 fully saturated rings. The molecule has 0 bridgehead atoms. The number of carbonyl (C=O) groups is 2. The zero-order valence-corrected chi connectivity index (χ0v) is 11.6. The Morgan fingerprint density at radius 3 is 2.65 bits per heavy atom. The van der Waals surface area contributed by atoms with E-state index in [1.807, 2.05) is 0 Å². The van der Waals surface area contributed by atoms with Crippen molar-refractivity contribution in [2.24, 2.45) is 0 Å². The van der Waals surface area contributed by atoms with Crippen LogP contribution in [0.4, 0.5) is 5.69 Å². The van der Waals surface area contributed by atoms with E-state index in [2.05, 4.69) is 10.6 Å². The molecule has 1 aliphatic heterocycles. The van der Waals surface area contributed by atoms with Gasteiger partial charge in [0.2, 0.25) is 5.91 Å². The zero-order chi connectivity index (χ0) is 14.4. The van der Waals surface area contributed by atoms with Crippen LogP contribution in [0, 0.1) is 0 Å². The molecule has 1 heterocycles. The van der Waals surface area contributed by atoms with Gasteiger partial charge in [0, 0.05) is 31.3 Å². The molecule has 1 aromatic rings. The van der Waals surface area contributed by atoms with Crippen molar-refractivity contribution in [1.29, 1.82) is 0 Å². The van der Waals surface area contributed by atoms with Crippen molar-refractivity contribution in [3.63, 3.8) is 0 Å². The van der Waals surface area contributed by atoms with Crippen LogP contribution in [-0.2, 0) is 9.53 Å². The van der Waals surface area contributed by atoms with Crippen molar-refractivity contribution >= 4 is 17.5 Å². The van der Waals surface area contributed by atoms with E-state index < -0.39 is 0 Å². The van der Waals surface area contributed by atoms with Crippen molar-refractivity contribution in [2.45, 2.75) is 32.3 Å². The number of ether oxygens (including phenoxy) is 1. The Labute approximate surface area is 118 Å². The Kier molecular flexibility index (Phi) is 5.12. The van der Waals surface area contributed by atoms with Gasteiger partial charge in [0.15, 0.2) is 0 Å². The van der Waals surface area contributed by atoms with Crippen LogP contribution in [0.25, 0.3) is 0 Å². The van der Waals surface area contributed by atoms with Crippen LogP contribution in [-0.4, -0.2) is 31.1 Å². The van der Waals surface area contributed by atoms with Crippen molar-refractivity contribution in [2.75, 3.05) is 18.5 Å². The van der Waals surface area contributed by atoms with E-state index in [0.29, 0.717) is 17.8 Å². The molecular weight excluding hydrogens is 256 g/mol. The highest BCUT2D eigenvalue weighted by molar-refractivity contribution is 5.95. The largest absolute Gasteiger partial charge is 0.378 e. The molecule has 5 heteroatoms. The molecule has 2 N–H and O–H groups in total.